The van der Waals surface area contributed by atoms with Gasteiger partial charge in [0.25, 0.3) is 5.56 Å². The summed E-state index contributed by atoms with van der Waals surface area (Å²) in [5.74, 6) is 1.32. The largest absolute Gasteiger partial charge is 0.383 e. The fourth-order valence-electron chi connectivity index (χ4n) is 3.57. The van der Waals surface area contributed by atoms with Crippen molar-refractivity contribution in [2.75, 3.05) is 26.0 Å². The average Bonchev–Trinajstić information content (AvgIpc) is 3.03. The Morgan fingerprint density at radius 1 is 1.45 bits per heavy atom. The summed E-state index contributed by atoms with van der Waals surface area (Å²) in [4.78, 5) is 32.5. The van der Waals surface area contributed by atoms with Crippen molar-refractivity contribution in [2.24, 2.45) is 11.8 Å². The molecule has 1 N–H and O–H groups in total. The van der Waals surface area contributed by atoms with Gasteiger partial charge in [-0.05, 0) is 43.1 Å². The fraction of sp³-hybridized carbons (Fsp3) is 0.667. The first-order valence-corrected chi connectivity index (χ1v) is 12.1. The van der Waals surface area contributed by atoms with E-state index in [0.29, 0.717) is 36.7 Å². The van der Waals surface area contributed by atoms with Crippen molar-refractivity contribution in [3.63, 3.8) is 0 Å². The van der Waals surface area contributed by atoms with E-state index in [1.165, 1.54) is 22.2 Å². The number of carbonyl (C=O) groups excluding carboxylic acids is 1. The highest BCUT2D eigenvalue weighted by atomic mass is 32.2. The lowest BCUT2D eigenvalue weighted by Crippen LogP contribution is -2.29. The Bertz CT molecular complexity index is 920. The van der Waals surface area contributed by atoms with Crippen LogP contribution in [0.1, 0.15) is 44.1 Å². The number of nitrogens with one attached hydrogen (secondary N) is 1. The molecule has 0 radical (unpaired) electrons. The Morgan fingerprint density at radius 2 is 2.24 bits per heavy atom. The number of methoxy groups -OCH3 is 1. The number of fused-ring (bicyclic) bond motifs is 3. The van der Waals surface area contributed by atoms with Gasteiger partial charge in [0.2, 0.25) is 5.91 Å². The monoisotopic (exact) mass is 437 g/mol. The molecule has 0 aromatic carbocycles. The quantitative estimate of drug-likeness (QED) is 0.369. The van der Waals surface area contributed by atoms with E-state index in [4.69, 9.17) is 9.72 Å². The summed E-state index contributed by atoms with van der Waals surface area (Å²) in [6.07, 6.45) is 4.03. The van der Waals surface area contributed by atoms with Crippen LogP contribution in [0.4, 0.5) is 0 Å². The molecule has 0 saturated heterocycles. The van der Waals surface area contributed by atoms with E-state index >= 15 is 0 Å². The fourth-order valence-corrected chi connectivity index (χ4v) is 5.85. The zero-order chi connectivity index (χ0) is 21.0. The third-order valence-electron chi connectivity index (χ3n) is 5.27. The first-order valence-electron chi connectivity index (χ1n) is 10.3. The van der Waals surface area contributed by atoms with Gasteiger partial charge in [-0.25, -0.2) is 4.98 Å². The molecule has 0 bridgehead atoms. The lowest BCUT2D eigenvalue weighted by atomic mass is 9.89. The number of aromatic nitrogens is 2. The van der Waals surface area contributed by atoms with Gasteiger partial charge in [0, 0.05) is 25.1 Å². The molecule has 6 nitrogen and oxygen atoms in total. The number of rotatable bonds is 9. The van der Waals surface area contributed by atoms with Gasteiger partial charge in [-0.15, -0.1) is 11.3 Å². The Hall–Kier alpha value is -1.38. The molecule has 160 valence electrons. The summed E-state index contributed by atoms with van der Waals surface area (Å²) >= 11 is 3.01. The number of thioether (sulfide) groups is 1. The summed E-state index contributed by atoms with van der Waals surface area (Å²) in [7, 11) is 1.61. The van der Waals surface area contributed by atoms with Gasteiger partial charge in [0.1, 0.15) is 4.83 Å². The molecular weight excluding hydrogens is 406 g/mol. The van der Waals surface area contributed by atoms with Crippen LogP contribution < -0.4 is 10.9 Å². The van der Waals surface area contributed by atoms with E-state index in [0.717, 1.165) is 35.9 Å². The van der Waals surface area contributed by atoms with Crippen molar-refractivity contribution in [1.29, 1.82) is 0 Å². The van der Waals surface area contributed by atoms with Gasteiger partial charge >= 0.3 is 0 Å². The highest BCUT2D eigenvalue weighted by Gasteiger charge is 2.25. The summed E-state index contributed by atoms with van der Waals surface area (Å²) in [6.45, 7) is 8.18. The normalized spacial score (nSPS) is 16.4. The molecule has 2 aromatic heterocycles. The van der Waals surface area contributed by atoms with Crippen LogP contribution in [-0.4, -0.2) is 41.5 Å². The molecule has 0 aliphatic heterocycles. The van der Waals surface area contributed by atoms with E-state index in [2.05, 4.69) is 26.1 Å². The van der Waals surface area contributed by atoms with Crippen LogP contribution in [0.3, 0.4) is 0 Å². The number of carbonyl (C=O) groups is 1. The first kappa shape index (κ1) is 22.3. The van der Waals surface area contributed by atoms with Crippen LogP contribution in [0.15, 0.2) is 9.95 Å². The van der Waals surface area contributed by atoms with E-state index in [1.54, 1.807) is 23.0 Å². The minimum Gasteiger partial charge on any atom is -0.383 e. The van der Waals surface area contributed by atoms with E-state index in [-0.39, 0.29) is 17.2 Å². The molecule has 0 saturated carbocycles. The molecule has 2 heterocycles. The topological polar surface area (TPSA) is 73.2 Å². The summed E-state index contributed by atoms with van der Waals surface area (Å²) in [6, 6.07) is 0. The molecule has 1 amide bonds. The Labute approximate surface area is 180 Å². The van der Waals surface area contributed by atoms with E-state index in [1.807, 2.05) is 0 Å². The zero-order valence-corrected chi connectivity index (χ0v) is 19.4. The molecular formula is C21H31N3O3S2. The second-order valence-corrected chi connectivity index (χ2v) is 10.2. The second kappa shape index (κ2) is 10.1. The Kier molecular flexibility index (Phi) is 7.76. The van der Waals surface area contributed by atoms with Gasteiger partial charge in [0.05, 0.1) is 17.7 Å². The molecule has 2 aromatic rings. The van der Waals surface area contributed by atoms with Gasteiger partial charge < -0.3 is 10.1 Å². The predicted molar refractivity (Wildman–Crippen MR) is 120 cm³/mol. The molecule has 1 aliphatic carbocycles. The summed E-state index contributed by atoms with van der Waals surface area (Å²) < 4.78 is 6.75. The first-order chi connectivity index (χ1) is 13.9. The number of hydrogen-bond donors (Lipinski definition) is 1. The molecule has 0 spiro atoms. The second-order valence-electron chi connectivity index (χ2n) is 8.20. The Balaban J connectivity index is 1.91. The number of nitrogens with zero attached hydrogens (tertiary/aromatic N) is 2. The van der Waals surface area contributed by atoms with Crippen molar-refractivity contribution in [3.8, 4) is 0 Å². The van der Waals surface area contributed by atoms with Crippen LogP contribution in [0.2, 0.25) is 0 Å². The molecule has 1 unspecified atom stereocenters. The maximum absolute atomic E-state index is 13.4. The number of ether oxygens (including phenoxy) is 1. The molecule has 0 fully saturated rings. The lowest BCUT2D eigenvalue weighted by Gasteiger charge is -2.18. The summed E-state index contributed by atoms with van der Waals surface area (Å²) in [5, 5.41) is 4.29. The number of aryl methyl sites for hydroxylation is 1. The van der Waals surface area contributed by atoms with Crippen LogP contribution in [0.5, 0.6) is 0 Å². The molecule has 8 heteroatoms. The molecule has 1 atom stereocenters. The predicted octanol–water partition coefficient (Wildman–Crippen LogP) is 3.48. The van der Waals surface area contributed by atoms with Crippen LogP contribution in [-0.2, 0) is 28.9 Å². The van der Waals surface area contributed by atoms with Crippen molar-refractivity contribution in [3.05, 3.63) is 20.8 Å². The minimum atomic E-state index is -0.0731. The van der Waals surface area contributed by atoms with Crippen molar-refractivity contribution in [1.82, 2.24) is 14.9 Å². The van der Waals surface area contributed by atoms with Gasteiger partial charge in [-0.3, -0.25) is 14.2 Å². The van der Waals surface area contributed by atoms with Crippen molar-refractivity contribution >= 4 is 39.2 Å². The van der Waals surface area contributed by atoms with Crippen molar-refractivity contribution in [2.45, 2.75) is 58.2 Å². The summed E-state index contributed by atoms with van der Waals surface area (Å²) in [5.41, 5.74) is 1.28. The zero-order valence-electron chi connectivity index (χ0n) is 17.7. The van der Waals surface area contributed by atoms with Crippen LogP contribution in [0, 0.1) is 11.8 Å². The highest BCUT2D eigenvalue weighted by molar-refractivity contribution is 7.99. The van der Waals surface area contributed by atoms with Crippen molar-refractivity contribution < 1.29 is 9.53 Å². The minimum absolute atomic E-state index is 0.0602. The third kappa shape index (κ3) is 5.41. The number of amides is 1. The highest BCUT2D eigenvalue weighted by Crippen LogP contribution is 2.36. The Morgan fingerprint density at radius 3 is 2.97 bits per heavy atom. The third-order valence-corrected chi connectivity index (χ3v) is 7.40. The SMILES string of the molecule is COCCNC(=O)CSc1nc2sc3c(c2c(=O)n1CCC(C)C)CCC(C)C3. The smallest absolute Gasteiger partial charge is 0.263 e. The van der Waals surface area contributed by atoms with E-state index in [9.17, 15) is 9.59 Å². The molecule has 1 aliphatic rings. The van der Waals surface area contributed by atoms with Gasteiger partial charge in [-0.1, -0.05) is 32.5 Å². The number of thiophene rings is 1. The maximum Gasteiger partial charge on any atom is 0.263 e. The van der Waals surface area contributed by atoms with Gasteiger partial charge in [-0.2, -0.15) is 0 Å². The molecule has 29 heavy (non-hydrogen) atoms. The maximum atomic E-state index is 13.4. The average molecular weight is 438 g/mol. The van der Waals surface area contributed by atoms with Crippen LogP contribution in [0.25, 0.3) is 10.2 Å². The lowest BCUT2D eigenvalue weighted by molar-refractivity contribution is -0.118. The van der Waals surface area contributed by atoms with E-state index < -0.39 is 0 Å². The standard InChI is InChI=1S/C21H31N3O3S2/c1-13(2)7-9-24-20(26)18-15-6-5-14(3)11-16(15)29-19(18)23-21(24)28-12-17(25)22-8-10-27-4/h13-14H,5-12H2,1-4H3,(H,22,25). The molecule has 3 rings (SSSR count). The van der Waals surface area contributed by atoms with Crippen LogP contribution >= 0.6 is 23.1 Å². The number of hydrogen-bond acceptors (Lipinski definition) is 6. The van der Waals surface area contributed by atoms with Gasteiger partial charge in [0.15, 0.2) is 5.16 Å².